The van der Waals surface area contributed by atoms with Gasteiger partial charge in [0, 0.05) is 5.39 Å². The number of carbonyl (C=O) groups is 1. The van der Waals surface area contributed by atoms with Gasteiger partial charge < -0.3 is 4.48 Å². The van der Waals surface area contributed by atoms with Crippen LogP contribution in [-0.2, 0) is 11.3 Å². The molecular formula is C20H27N2O+. The molecule has 23 heavy (non-hydrogen) atoms. The molecule has 0 bridgehead atoms. The Kier molecular flexibility index (Phi) is 5.32. The van der Waals surface area contributed by atoms with E-state index in [9.17, 15) is 4.79 Å². The zero-order valence-electron chi connectivity index (χ0n) is 14.9. The van der Waals surface area contributed by atoms with Crippen LogP contribution in [0, 0.1) is 0 Å². The summed E-state index contributed by atoms with van der Waals surface area (Å²) in [5.74, 6) is 0.252. The van der Waals surface area contributed by atoms with E-state index < -0.39 is 0 Å². The largest absolute Gasteiger partial charge is 0.323 e. The van der Waals surface area contributed by atoms with E-state index in [4.69, 9.17) is 4.98 Å². The lowest BCUT2D eigenvalue weighted by molar-refractivity contribution is -0.903. The topological polar surface area (TPSA) is 30.0 Å². The van der Waals surface area contributed by atoms with Gasteiger partial charge in [-0.2, -0.15) is 0 Å². The maximum atomic E-state index is 12.2. The summed E-state index contributed by atoms with van der Waals surface area (Å²) in [5.41, 5.74) is 4.10. The molecule has 1 aromatic heterocycles. The van der Waals surface area contributed by atoms with E-state index in [0.717, 1.165) is 45.3 Å². The van der Waals surface area contributed by atoms with Gasteiger partial charge in [0.15, 0.2) is 5.78 Å². The van der Waals surface area contributed by atoms with E-state index in [1.54, 1.807) is 0 Å². The number of carbonyl (C=O) groups excluding carboxylic acids is 1. The molecule has 0 radical (unpaired) electrons. The van der Waals surface area contributed by atoms with Gasteiger partial charge >= 0.3 is 0 Å². The number of para-hydroxylation sites is 1. The van der Waals surface area contributed by atoms with Gasteiger partial charge in [-0.15, -0.1) is 0 Å². The molecule has 0 saturated carbocycles. The summed E-state index contributed by atoms with van der Waals surface area (Å²) in [4.78, 5) is 16.9. The Balaban J connectivity index is 2.04. The Labute approximate surface area is 139 Å². The van der Waals surface area contributed by atoms with Crippen molar-refractivity contribution in [1.29, 1.82) is 0 Å². The van der Waals surface area contributed by atoms with E-state index in [1.165, 1.54) is 0 Å². The first-order chi connectivity index (χ1) is 10.8. The number of Topliss-reactive ketones (excluding diaryl/α,β-unsaturated/α-hetero) is 1. The maximum absolute atomic E-state index is 12.2. The number of ketones is 1. The van der Waals surface area contributed by atoms with Crippen molar-refractivity contribution in [3.63, 3.8) is 0 Å². The number of aromatic nitrogens is 1. The minimum atomic E-state index is 0.252. The van der Waals surface area contributed by atoms with Crippen molar-refractivity contribution in [3.8, 4) is 0 Å². The van der Waals surface area contributed by atoms with Gasteiger partial charge in [0.1, 0.15) is 6.54 Å². The first-order valence-electron chi connectivity index (χ1n) is 8.12. The van der Waals surface area contributed by atoms with Crippen molar-refractivity contribution in [3.05, 3.63) is 53.2 Å². The fourth-order valence-corrected chi connectivity index (χ4v) is 2.58. The zero-order valence-corrected chi connectivity index (χ0v) is 14.9. The van der Waals surface area contributed by atoms with Crippen LogP contribution in [0.5, 0.6) is 0 Å². The van der Waals surface area contributed by atoms with E-state index in [1.807, 2.05) is 39.0 Å². The van der Waals surface area contributed by atoms with E-state index >= 15 is 0 Å². The van der Waals surface area contributed by atoms with Gasteiger partial charge in [0.25, 0.3) is 0 Å². The summed E-state index contributed by atoms with van der Waals surface area (Å²) in [6.07, 6.45) is 0.581. The monoisotopic (exact) mass is 311 g/mol. The molecule has 0 aliphatic heterocycles. The molecule has 0 saturated heterocycles. The summed E-state index contributed by atoms with van der Waals surface area (Å²) in [6.45, 7) is 7.55. The number of rotatable bonds is 6. The first-order valence-corrected chi connectivity index (χ1v) is 8.12. The molecular weight excluding hydrogens is 284 g/mol. The van der Waals surface area contributed by atoms with Gasteiger partial charge in [0.2, 0.25) is 0 Å². The van der Waals surface area contributed by atoms with E-state index in [0.29, 0.717) is 6.42 Å². The highest BCUT2D eigenvalue weighted by molar-refractivity contribution is 5.95. The van der Waals surface area contributed by atoms with Crippen molar-refractivity contribution in [2.75, 3.05) is 20.6 Å². The minimum Gasteiger partial charge on any atom is -0.323 e. The molecule has 0 amide bonds. The number of pyridine rings is 1. The average Bonchev–Trinajstić information content (AvgIpc) is 2.51. The van der Waals surface area contributed by atoms with Crippen molar-refractivity contribution in [1.82, 2.24) is 4.98 Å². The second-order valence-corrected chi connectivity index (χ2v) is 7.11. The van der Waals surface area contributed by atoms with Crippen LogP contribution >= 0.6 is 0 Å². The summed E-state index contributed by atoms with van der Waals surface area (Å²) >= 11 is 0. The van der Waals surface area contributed by atoms with Crippen molar-refractivity contribution in [2.45, 2.75) is 33.7 Å². The third-order valence-corrected chi connectivity index (χ3v) is 4.36. The molecule has 2 rings (SSSR count). The van der Waals surface area contributed by atoms with Crippen LogP contribution in [-0.4, -0.2) is 35.9 Å². The molecule has 0 N–H and O–H groups in total. The Hall–Kier alpha value is -2.00. The second kappa shape index (κ2) is 7.05. The number of benzene rings is 1. The number of quaternary nitrogens is 1. The Bertz CT molecular complexity index is 740. The van der Waals surface area contributed by atoms with Gasteiger partial charge in [-0.25, -0.2) is 4.98 Å². The lowest BCUT2D eigenvalue weighted by Gasteiger charge is -2.29. The number of fused-ring (bicyclic) bond motifs is 1. The molecule has 1 aromatic carbocycles. The number of hydrogen-bond donors (Lipinski definition) is 0. The van der Waals surface area contributed by atoms with Crippen molar-refractivity contribution in [2.24, 2.45) is 0 Å². The SMILES string of the molecule is CC(C)=C(C)C(=O)CC[N+](C)(C)Cc1ccc2ccccc2n1. The highest BCUT2D eigenvalue weighted by Crippen LogP contribution is 2.16. The fourth-order valence-electron chi connectivity index (χ4n) is 2.58. The lowest BCUT2D eigenvalue weighted by Crippen LogP contribution is -2.40. The summed E-state index contributed by atoms with van der Waals surface area (Å²) < 4.78 is 0.757. The van der Waals surface area contributed by atoms with Crippen LogP contribution in [0.15, 0.2) is 47.5 Å². The quantitative estimate of drug-likeness (QED) is 0.593. The highest BCUT2D eigenvalue weighted by atomic mass is 16.1. The molecule has 0 fully saturated rings. The van der Waals surface area contributed by atoms with E-state index in [2.05, 4.69) is 32.3 Å². The molecule has 3 heteroatoms. The van der Waals surface area contributed by atoms with Crippen molar-refractivity contribution < 1.29 is 9.28 Å². The normalized spacial score (nSPS) is 11.5. The van der Waals surface area contributed by atoms with Crippen LogP contribution in [0.3, 0.4) is 0 Å². The molecule has 3 nitrogen and oxygen atoms in total. The molecule has 122 valence electrons. The number of hydrogen-bond acceptors (Lipinski definition) is 2. The van der Waals surface area contributed by atoms with Crippen LogP contribution in [0.1, 0.15) is 32.9 Å². The minimum absolute atomic E-state index is 0.252. The zero-order chi connectivity index (χ0) is 17.0. The molecule has 2 aromatic rings. The van der Waals surface area contributed by atoms with Crippen LogP contribution in [0.25, 0.3) is 10.9 Å². The van der Waals surface area contributed by atoms with Gasteiger partial charge in [-0.05, 0) is 38.5 Å². The van der Waals surface area contributed by atoms with Crippen LogP contribution in [0.4, 0.5) is 0 Å². The lowest BCUT2D eigenvalue weighted by atomic mass is 10.1. The molecule has 0 unspecified atom stereocenters. The van der Waals surface area contributed by atoms with Crippen LogP contribution < -0.4 is 0 Å². The predicted molar refractivity (Wildman–Crippen MR) is 96.1 cm³/mol. The van der Waals surface area contributed by atoms with Crippen LogP contribution in [0.2, 0.25) is 0 Å². The van der Waals surface area contributed by atoms with E-state index in [-0.39, 0.29) is 5.78 Å². The smallest absolute Gasteiger partial charge is 0.164 e. The molecule has 0 atom stereocenters. The van der Waals surface area contributed by atoms with Gasteiger partial charge in [-0.1, -0.05) is 29.8 Å². The molecule has 0 aliphatic carbocycles. The van der Waals surface area contributed by atoms with Gasteiger partial charge in [0.05, 0.1) is 38.3 Å². The Morgan fingerprint density at radius 3 is 2.43 bits per heavy atom. The third-order valence-electron chi connectivity index (χ3n) is 4.36. The number of nitrogens with zero attached hydrogens (tertiary/aromatic N) is 2. The molecule has 0 aliphatic rings. The Morgan fingerprint density at radius 2 is 1.74 bits per heavy atom. The standard InChI is InChI=1S/C20H27N2O/c1-15(2)16(3)20(23)12-13-22(4,5)14-18-11-10-17-8-6-7-9-19(17)21-18/h6-11H,12-14H2,1-5H3/q+1. The maximum Gasteiger partial charge on any atom is 0.164 e. The second-order valence-electron chi connectivity index (χ2n) is 7.11. The Morgan fingerprint density at radius 1 is 1.04 bits per heavy atom. The molecule has 1 heterocycles. The fraction of sp³-hybridized carbons (Fsp3) is 0.400. The first kappa shape index (κ1) is 17.4. The summed E-state index contributed by atoms with van der Waals surface area (Å²) in [5, 5.41) is 1.16. The highest BCUT2D eigenvalue weighted by Gasteiger charge is 2.19. The average molecular weight is 311 g/mol. The van der Waals surface area contributed by atoms with Crippen molar-refractivity contribution >= 4 is 16.7 Å². The number of allylic oxidation sites excluding steroid dienone is 2. The summed E-state index contributed by atoms with van der Waals surface area (Å²) in [6, 6.07) is 12.4. The third kappa shape index (κ3) is 4.73. The summed E-state index contributed by atoms with van der Waals surface area (Å²) in [7, 11) is 4.31. The van der Waals surface area contributed by atoms with Gasteiger partial charge in [-0.3, -0.25) is 4.79 Å². The predicted octanol–water partition coefficient (Wildman–Crippen LogP) is 4.13. The molecule has 0 spiro atoms.